The van der Waals surface area contributed by atoms with Crippen molar-refractivity contribution in [3.05, 3.63) is 71.9 Å². The van der Waals surface area contributed by atoms with Crippen LogP contribution in [0.15, 0.2) is 54.7 Å². The molecular formula is C31H41N4. The van der Waals surface area contributed by atoms with Crippen molar-refractivity contribution in [1.82, 2.24) is 14.5 Å². The first-order chi connectivity index (χ1) is 17.3. The molecule has 3 aliphatic heterocycles. The van der Waals surface area contributed by atoms with Crippen LogP contribution in [0.1, 0.15) is 56.1 Å². The molecule has 35 heavy (non-hydrogen) atoms. The molecule has 2 aromatic carbocycles. The molecule has 0 saturated carbocycles. The summed E-state index contributed by atoms with van der Waals surface area (Å²) in [5.41, 5.74) is 4.29. The molecule has 0 bridgehead atoms. The van der Waals surface area contributed by atoms with Crippen molar-refractivity contribution >= 4 is 10.9 Å². The SMILES string of the molecule is [c]1ccc2c(CN3CCC(N4CCCCC4)CC3)cn(N3CCC(Cc4ccccc4)CC3)c2c1. The van der Waals surface area contributed by atoms with Gasteiger partial charge in [-0.05, 0) is 100 Å². The minimum atomic E-state index is 0.794. The molecule has 6 rings (SSSR count). The first-order valence-electron chi connectivity index (χ1n) is 14.1. The zero-order valence-corrected chi connectivity index (χ0v) is 21.2. The van der Waals surface area contributed by atoms with E-state index in [1.165, 1.54) is 99.6 Å². The lowest BCUT2D eigenvalue weighted by molar-refractivity contribution is 0.0898. The molecule has 4 nitrogen and oxygen atoms in total. The van der Waals surface area contributed by atoms with E-state index in [0.717, 1.165) is 31.6 Å². The standard InChI is InChI=1S/C31H41N4/c1-3-9-26(10-4-1)23-27-13-21-34(22-14-27)35-25-28(30-11-5-6-12-31(30)35)24-32-19-15-29(16-20-32)33-17-7-2-8-18-33/h1,3-5,9-12,25,27,29H,2,7-8,13-24H2. The molecule has 4 heteroatoms. The third-order valence-electron chi connectivity index (χ3n) is 8.83. The van der Waals surface area contributed by atoms with Crippen LogP contribution in [0.2, 0.25) is 0 Å². The van der Waals surface area contributed by atoms with E-state index >= 15 is 0 Å². The van der Waals surface area contributed by atoms with Crippen molar-refractivity contribution in [3.63, 3.8) is 0 Å². The fraction of sp³-hybridized carbons (Fsp3) is 0.548. The summed E-state index contributed by atoms with van der Waals surface area (Å²) >= 11 is 0. The van der Waals surface area contributed by atoms with Gasteiger partial charge >= 0.3 is 0 Å². The average Bonchev–Trinajstić information content (AvgIpc) is 3.29. The van der Waals surface area contributed by atoms with Gasteiger partial charge in [-0.3, -0.25) is 9.58 Å². The molecule has 3 aliphatic rings. The summed E-state index contributed by atoms with van der Waals surface area (Å²) in [4.78, 5) is 5.48. The number of fused-ring (bicyclic) bond motifs is 1. The largest absolute Gasteiger partial charge is 0.313 e. The fourth-order valence-electron chi connectivity index (χ4n) is 6.78. The molecule has 1 radical (unpaired) electrons. The molecule has 0 amide bonds. The van der Waals surface area contributed by atoms with Gasteiger partial charge < -0.3 is 9.91 Å². The Morgan fingerprint density at radius 2 is 1.57 bits per heavy atom. The number of nitrogens with zero attached hydrogens (tertiary/aromatic N) is 4. The van der Waals surface area contributed by atoms with Gasteiger partial charge in [0.25, 0.3) is 0 Å². The van der Waals surface area contributed by atoms with Gasteiger partial charge in [0, 0.05) is 37.3 Å². The third-order valence-corrected chi connectivity index (χ3v) is 8.83. The van der Waals surface area contributed by atoms with Crippen LogP contribution < -0.4 is 5.01 Å². The van der Waals surface area contributed by atoms with Crippen molar-refractivity contribution in [3.8, 4) is 0 Å². The zero-order chi connectivity index (χ0) is 23.5. The van der Waals surface area contributed by atoms with Crippen LogP contribution in [-0.2, 0) is 13.0 Å². The second kappa shape index (κ2) is 10.8. The van der Waals surface area contributed by atoms with Gasteiger partial charge in [0.1, 0.15) is 0 Å². The fourth-order valence-corrected chi connectivity index (χ4v) is 6.78. The highest BCUT2D eigenvalue weighted by Gasteiger charge is 2.27. The van der Waals surface area contributed by atoms with Crippen LogP contribution in [-0.4, -0.2) is 59.8 Å². The molecule has 0 N–H and O–H groups in total. The summed E-state index contributed by atoms with van der Waals surface area (Å²) in [5.74, 6) is 0.794. The maximum Gasteiger partial charge on any atom is 0.0704 e. The highest BCUT2D eigenvalue weighted by Crippen LogP contribution is 2.28. The van der Waals surface area contributed by atoms with Gasteiger partial charge in [0.15, 0.2) is 0 Å². The van der Waals surface area contributed by atoms with Crippen LogP contribution in [0.25, 0.3) is 10.9 Å². The average molecular weight is 470 g/mol. The Morgan fingerprint density at radius 1 is 0.800 bits per heavy atom. The molecule has 4 heterocycles. The van der Waals surface area contributed by atoms with E-state index in [2.05, 4.69) is 80.3 Å². The summed E-state index contributed by atoms with van der Waals surface area (Å²) in [5, 5.41) is 3.98. The summed E-state index contributed by atoms with van der Waals surface area (Å²) in [7, 11) is 0. The van der Waals surface area contributed by atoms with E-state index in [0.29, 0.717) is 0 Å². The number of likely N-dealkylation sites (tertiary alicyclic amines) is 2. The molecule has 0 spiro atoms. The Kier molecular flexibility index (Phi) is 7.11. The van der Waals surface area contributed by atoms with Crippen LogP contribution in [0.3, 0.4) is 0 Å². The highest BCUT2D eigenvalue weighted by molar-refractivity contribution is 5.84. The maximum atomic E-state index is 3.35. The lowest BCUT2D eigenvalue weighted by atomic mass is 9.91. The Hall–Kier alpha value is -2.30. The molecule has 1 aromatic heterocycles. The molecule has 185 valence electrons. The third kappa shape index (κ3) is 5.29. The number of hydrogen-bond donors (Lipinski definition) is 0. The molecular weight excluding hydrogens is 428 g/mol. The first kappa shape index (κ1) is 23.1. The molecule has 3 aromatic rings. The van der Waals surface area contributed by atoms with Crippen LogP contribution in [0.4, 0.5) is 0 Å². The molecule has 3 saturated heterocycles. The van der Waals surface area contributed by atoms with Gasteiger partial charge in [-0.25, -0.2) is 0 Å². The second-order valence-corrected chi connectivity index (χ2v) is 11.1. The quantitative estimate of drug-likeness (QED) is 0.475. The van der Waals surface area contributed by atoms with Crippen molar-refractivity contribution in [2.75, 3.05) is 44.3 Å². The summed E-state index contributed by atoms with van der Waals surface area (Å²) < 4.78 is 2.46. The van der Waals surface area contributed by atoms with Crippen molar-refractivity contribution < 1.29 is 0 Å². The number of hydrogen-bond acceptors (Lipinski definition) is 3. The minimum Gasteiger partial charge on any atom is -0.313 e. The van der Waals surface area contributed by atoms with Gasteiger partial charge in [-0.15, -0.1) is 0 Å². The van der Waals surface area contributed by atoms with Gasteiger partial charge in [0.2, 0.25) is 0 Å². The lowest BCUT2D eigenvalue weighted by Crippen LogP contribution is -2.46. The van der Waals surface area contributed by atoms with Crippen molar-refractivity contribution in [1.29, 1.82) is 0 Å². The maximum absolute atomic E-state index is 3.35. The lowest BCUT2D eigenvalue weighted by Gasteiger charge is -2.40. The predicted octanol–water partition coefficient (Wildman–Crippen LogP) is 5.48. The van der Waals surface area contributed by atoms with Crippen LogP contribution in [0.5, 0.6) is 0 Å². The number of aromatic nitrogens is 1. The number of piperidine rings is 3. The Morgan fingerprint density at radius 3 is 2.34 bits per heavy atom. The molecule has 3 fully saturated rings. The van der Waals surface area contributed by atoms with Crippen LogP contribution in [0, 0.1) is 12.0 Å². The van der Waals surface area contributed by atoms with Gasteiger partial charge in [-0.2, -0.15) is 0 Å². The van der Waals surface area contributed by atoms with Crippen LogP contribution >= 0.6 is 0 Å². The number of rotatable bonds is 6. The molecule has 0 atom stereocenters. The van der Waals surface area contributed by atoms with E-state index in [1.54, 1.807) is 0 Å². The normalized spacial score (nSPS) is 21.7. The smallest absolute Gasteiger partial charge is 0.0704 e. The first-order valence-corrected chi connectivity index (χ1v) is 14.1. The summed E-state index contributed by atoms with van der Waals surface area (Å²) in [6, 6.07) is 21.8. The van der Waals surface area contributed by atoms with E-state index in [1.807, 2.05) is 0 Å². The molecule has 0 unspecified atom stereocenters. The Labute approximate surface area is 211 Å². The zero-order valence-electron chi connectivity index (χ0n) is 21.2. The number of benzene rings is 2. The van der Waals surface area contributed by atoms with Gasteiger partial charge in [0.05, 0.1) is 5.52 Å². The highest BCUT2D eigenvalue weighted by atomic mass is 15.5. The van der Waals surface area contributed by atoms with E-state index in [-0.39, 0.29) is 0 Å². The van der Waals surface area contributed by atoms with E-state index in [4.69, 9.17) is 0 Å². The monoisotopic (exact) mass is 469 g/mol. The van der Waals surface area contributed by atoms with E-state index in [9.17, 15) is 0 Å². The Balaban J connectivity index is 1.09. The molecule has 0 aliphatic carbocycles. The van der Waals surface area contributed by atoms with Gasteiger partial charge in [-0.1, -0.05) is 48.9 Å². The van der Waals surface area contributed by atoms with E-state index < -0.39 is 0 Å². The predicted molar refractivity (Wildman–Crippen MR) is 145 cm³/mol. The summed E-state index contributed by atoms with van der Waals surface area (Å²) in [6.07, 6.45) is 13.1. The topological polar surface area (TPSA) is 14.7 Å². The summed E-state index contributed by atoms with van der Waals surface area (Å²) in [6.45, 7) is 8.47. The van der Waals surface area contributed by atoms with Crippen molar-refractivity contribution in [2.45, 2.75) is 64.0 Å². The minimum absolute atomic E-state index is 0.794. The Bertz CT molecular complexity index is 1070. The second-order valence-electron chi connectivity index (χ2n) is 11.1. The van der Waals surface area contributed by atoms with Crippen molar-refractivity contribution in [2.24, 2.45) is 5.92 Å².